The van der Waals surface area contributed by atoms with E-state index in [9.17, 15) is 4.79 Å². The summed E-state index contributed by atoms with van der Waals surface area (Å²) in [7, 11) is 1.74. The van der Waals surface area contributed by atoms with Crippen molar-refractivity contribution in [3.8, 4) is 11.1 Å². The Morgan fingerprint density at radius 2 is 1.97 bits per heavy atom. The van der Waals surface area contributed by atoms with Gasteiger partial charge in [0.1, 0.15) is 5.65 Å². The number of aromatic nitrogens is 3. The molecule has 3 aromatic rings. The van der Waals surface area contributed by atoms with Crippen LogP contribution in [0.3, 0.4) is 0 Å². The van der Waals surface area contributed by atoms with Crippen LogP contribution in [0.1, 0.15) is 32.1 Å². The predicted octanol–water partition coefficient (Wildman–Crippen LogP) is 4.24. The second-order valence-corrected chi connectivity index (χ2v) is 8.49. The first kappa shape index (κ1) is 18.6. The largest absolute Gasteiger partial charge is 0.295 e. The van der Waals surface area contributed by atoms with Gasteiger partial charge >= 0.3 is 0 Å². The minimum absolute atomic E-state index is 0.122. The van der Waals surface area contributed by atoms with Crippen molar-refractivity contribution in [1.29, 1.82) is 0 Å². The van der Waals surface area contributed by atoms with E-state index in [-0.39, 0.29) is 5.56 Å². The summed E-state index contributed by atoms with van der Waals surface area (Å²) >= 11 is 6.32. The maximum Gasteiger partial charge on any atom is 0.259 e. The Kier molecular flexibility index (Phi) is 4.76. The van der Waals surface area contributed by atoms with Crippen LogP contribution in [-0.2, 0) is 7.05 Å². The van der Waals surface area contributed by atoms with Crippen LogP contribution < -0.4 is 11.0 Å². The molecule has 1 saturated carbocycles. The summed E-state index contributed by atoms with van der Waals surface area (Å²) < 4.78 is 1.58. The molecule has 0 amide bonds. The molecule has 1 aromatic carbocycles. The molecule has 150 valence electrons. The molecule has 3 heterocycles. The normalized spacial score (nSPS) is 22.0. The maximum absolute atomic E-state index is 13.0. The SMILES string of the molecule is Cn1c(=O)c(-c2ccccc2Cl)cc2cnc(NN3CCC4CCCCC43)nc21. The number of anilines is 1. The van der Waals surface area contributed by atoms with Gasteiger partial charge in [0.2, 0.25) is 5.95 Å². The van der Waals surface area contributed by atoms with Gasteiger partial charge in [-0.25, -0.2) is 9.99 Å². The number of pyridine rings is 1. The molecule has 5 rings (SSSR count). The number of fused-ring (bicyclic) bond motifs is 2. The van der Waals surface area contributed by atoms with Gasteiger partial charge in [0.05, 0.1) is 0 Å². The lowest BCUT2D eigenvalue weighted by Gasteiger charge is -2.31. The van der Waals surface area contributed by atoms with Crippen LogP contribution in [0.2, 0.25) is 5.02 Å². The van der Waals surface area contributed by atoms with Gasteiger partial charge in [0.25, 0.3) is 5.56 Å². The van der Waals surface area contributed by atoms with Crippen LogP contribution in [0.5, 0.6) is 0 Å². The third-order valence-corrected chi connectivity index (χ3v) is 6.70. The Morgan fingerprint density at radius 1 is 1.14 bits per heavy atom. The van der Waals surface area contributed by atoms with Crippen molar-refractivity contribution in [3.63, 3.8) is 0 Å². The van der Waals surface area contributed by atoms with Crippen LogP contribution in [0, 0.1) is 5.92 Å². The molecule has 0 bridgehead atoms. The minimum Gasteiger partial charge on any atom is -0.295 e. The smallest absolute Gasteiger partial charge is 0.259 e. The van der Waals surface area contributed by atoms with E-state index >= 15 is 0 Å². The van der Waals surface area contributed by atoms with Gasteiger partial charge in [-0.2, -0.15) is 4.98 Å². The van der Waals surface area contributed by atoms with Crippen molar-refractivity contribution in [2.75, 3.05) is 12.0 Å². The first-order valence-electron chi connectivity index (χ1n) is 10.3. The standard InChI is InChI=1S/C22H24ClN5O/c1-27-20-15(12-17(21(27)29)16-7-3-4-8-18(16)23)13-24-22(25-20)26-28-11-10-14-6-2-5-9-19(14)28/h3-4,7-8,12-14,19H,2,5-6,9-11H2,1H3,(H,24,25,26). The van der Waals surface area contributed by atoms with Gasteiger partial charge in [0, 0.05) is 47.4 Å². The lowest BCUT2D eigenvalue weighted by molar-refractivity contribution is 0.211. The number of hydrazine groups is 1. The highest BCUT2D eigenvalue weighted by atomic mass is 35.5. The van der Waals surface area contributed by atoms with Crippen LogP contribution in [0.25, 0.3) is 22.2 Å². The fraction of sp³-hybridized carbons (Fsp3) is 0.409. The summed E-state index contributed by atoms with van der Waals surface area (Å²) in [5.41, 5.74) is 5.18. The molecule has 1 saturated heterocycles. The topological polar surface area (TPSA) is 63.1 Å². The summed E-state index contributed by atoms with van der Waals surface area (Å²) in [6, 6.07) is 9.77. The number of rotatable bonds is 3. The first-order valence-corrected chi connectivity index (χ1v) is 10.6. The number of hydrogen-bond donors (Lipinski definition) is 1. The van der Waals surface area contributed by atoms with E-state index in [1.165, 1.54) is 32.1 Å². The third kappa shape index (κ3) is 3.30. The third-order valence-electron chi connectivity index (χ3n) is 6.37. The predicted molar refractivity (Wildman–Crippen MR) is 116 cm³/mol. The molecule has 7 heteroatoms. The Balaban J connectivity index is 1.50. The molecule has 29 heavy (non-hydrogen) atoms. The van der Waals surface area contributed by atoms with E-state index in [4.69, 9.17) is 11.6 Å². The Bertz CT molecular complexity index is 1130. The maximum atomic E-state index is 13.0. The van der Waals surface area contributed by atoms with Crippen LogP contribution in [0.4, 0.5) is 5.95 Å². The van der Waals surface area contributed by atoms with Gasteiger partial charge in [-0.15, -0.1) is 0 Å². The van der Waals surface area contributed by atoms with Crippen molar-refractivity contribution in [2.45, 2.75) is 38.1 Å². The number of halogens is 1. The lowest BCUT2D eigenvalue weighted by atomic mass is 9.85. The zero-order chi connectivity index (χ0) is 20.0. The molecular formula is C22H24ClN5O. The van der Waals surface area contributed by atoms with Crippen molar-refractivity contribution in [1.82, 2.24) is 19.5 Å². The highest BCUT2D eigenvalue weighted by molar-refractivity contribution is 6.33. The Labute approximate surface area is 174 Å². The van der Waals surface area contributed by atoms with Crippen LogP contribution >= 0.6 is 11.6 Å². The quantitative estimate of drug-likeness (QED) is 0.701. The van der Waals surface area contributed by atoms with E-state index < -0.39 is 0 Å². The molecule has 1 aliphatic carbocycles. The Hall–Kier alpha value is -2.44. The molecule has 2 aromatic heterocycles. The second-order valence-electron chi connectivity index (χ2n) is 8.08. The van der Waals surface area contributed by atoms with Gasteiger partial charge in [-0.1, -0.05) is 42.6 Å². The van der Waals surface area contributed by atoms with E-state index in [0.717, 1.165) is 23.4 Å². The minimum atomic E-state index is -0.122. The molecule has 1 N–H and O–H groups in total. The molecule has 2 aliphatic rings. The average Bonchev–Trinajstić information content (AvgIpc) is 3.14. The zero-order valence-corrected chi connectivity index (χ0v) is 17.2. The van der Waals surface area contributed by atoms with Crippen LogP contribution in [-0.4, -0.2) is 32.1 Å². The zero-order valence-electron chi connectivity index (χ0n) is 16.4. The van der Waals surface area contributed by atoms with Crippen molar-refractivity contribution >= 4 is 28.6 Å². The number of nitrogens with zero attached hydrogens (tertiary/aromatic N) is 4. The summed E-state index contributed by atoms with van der Waals surface area (Å²) in [6.07, 6.45) is 8.18. The number of benzene rings is 1. The van der Waals surface area contributed by atoms with Crippen molar-refractivity contribution < 1.29 is 0 Å². The van der Waals surface area contributed by atoms with E-state index in [1.807, 2.05) is 24.3 Å². The highest BCUT2D eigenvalue weighted by Gasteiger charge is 2.36. The van der Waals surface area contributed by atoms with Crippen molar-refractivity contribution in [2.24, 2.45) is 13.0 Å². The van der Waals surface area contributed by atoms with Gasteiger partial charge < -0.3 is 0 Å². The molecule has 1 aliphatic heterocycles. The molecule has 2 atom stereocenters. The van der Waals surface area contributed by atoms with Gasteiger partial charge in [-0.3, -0.25) is 14.8 Å². The molecule has 6 nitrogen and oxygen atoms in total. The first-order chi connectivity index (χ1) is 14.1. The monoisotopic (exact) mass is 409 g/mol. The summed E-state index contributed by atoms with van der Waals surface area (Å²) in [5.74, 6) is 1.32. The molecule has 0 radical (unpaired) electrons. The number of hydrogen-bond acceptors (Lipinski definition) is 5. The fourth-order valence-corrected chi connectivity index (χ4v) is 5.08. The average molecular weight is 410 g/mol. The fourth-order valence-electron chi connectivity index (χ4n) is 4.85. The van der Waals surface area contributed by atoms with Crippen LogP contribution in [0.15, 0.2) is 41.3 Å². The van der Waals surface area contributed by atoms with E-state index in [0.29, 0.717) is 28.2 Å². The highest BCUT2D eigenvalue weighted by Crippen LogP contribution is 2.36. The van der Waals surface area contributed by atoms with Gasteiger partial charge in [-0.05, 0) is 37.3 Å². The van der Waals surface area contributed by atoms with E-state index in [2.05, 4.69) is 20.4 Å². The van der Waals surface area contributed by atoms with E-state index in [1.54, 1.807) is 23.9 Å². The molecule has 2 unspecified atom stereocenters. The summed E-state index contributed by atoms with van der Waals surface area (Å²) in [5, 5.41) is 3.66. The number of nitrogens with one attached hydrogen (secondary N) is 1. The lowest BCUT2D eigenvalue weighted by Crippen LogP contribution is -2.39. The number of aryl methyl sites for hydroxylation is 1. The molecular weight excluding hydrogens is 386 g/mol. The van der Waals surface area contributed by atoms with Gasteiger partial charge in [0.15, 0.2) is 0 Å². The van der Waals surface area contributed by atoms with Crippen molar-refractivity contribution in [3.05, 3.63) is 51.9 Å². The molecule has 0 spiro atoms. The Morgan fingerprint density at radius 3 is 2.83 bits per heavy atom. The summed E-state index contributed by atoms with van der Waals surface area (Å²) in [4.78, 5) is 22.2. The summed E-state index contributed by atoms with van der Waals surface area (Å²) in [6.45, 7) is 1.01. The molecule has 2 fully saturated rings. The second kappa shape index (κ2) is 7.43.